The minimum absolute atomic E-state index is 1.37. The van der Waals surface area contributed by atoms with Gasteiger partial charge in [-0.3, -0.25) is 0 Å². The van der Waals surface area contributed by atoms with Gasteiger partial charge in [-0.25, -0.2) is 0 Å². The Hall–Kier alpha value is 0.177. The second-order valence-electron chi connectivity index (χ2n) is 14.0. The summed E-state index contributed by atoms with van der Waals surface area (Å²) >= 11 is 0. The third kappa shape index (κ3) is 31.1. The lowest BCUT2D eigenvalue weighted by Gasteiger charge is -2.35. The van der Waals surface area contributed by atoms with E-state index in [0.29, 0.717) is 0 Å². The maximum atomic E-state index is 2.59. The van der Waals surface area contributed by atoms with E-state index >= 15 is 0 Å². The zero-order valence-corrected chi connectivity index (χ0v) is 31.2. The van der Waals surface area contributed by atoms with Gasteiger partial charge in [0.15, 0.2) is 0 Å². The van der Waals surface area contributed by atoms with E-state index < -0.39 is 0 Å². The molecule has 0 saturated carbocycles. The lowest BCUT2D eigenvalue weighted by molar-refractivity contribution is -0.910. The lowest BCUT2D eigenvalue weighted by Crippen LogP contribution is -2.46. The molecule has 0 aliphatic heterocycles. The standard InChI is InChI=1S/C38H82NSi/c1-4-6-8-10-12-14-16-18-20-22-24-26-28-30-32-35-39(3,37-34-38-40)36-33-31-29-27-25-23-21-19-17-15-13-11-9-7-5-2/h4-38H2,1-3,40H3/q+1. The van der Waals surface area contributed by atoms with Crippen molar-refractivity contribution in [2.75, 3.05) is 26.7 Å². The highest BCUT2D eigenvalue weighted by Gasteiger charge is 2.19. The first-order chi connectivity index (χ1) is 19.7. The van der Waals surface area contributed by atoms with Gasteiger partial charge in [-0.1, -0.05) is 187 Å². The lowest BCUT2D eigenvalue weighted by atomic mass is 10.0. The van der Waals surface area contributed by atoms with Crippen molar-refractivity contribution in [2.45, 2.75) is 219 Å². The maximum Gasteiger partial charge on any atom is 0.0784 e. The van der Waals surface area contributed by atoms with E-state index in [2.05, 4.69) is 20.9 Å². The number of nitrogens with zero attached hydrogens (tertiary/aromatic N) is 1. The van der Waals surface area contributed by atoms with Gasteiger partial charge >= 0.3 is 0 Å². The van der Waals surface area contributed by atoms with Crippen LogP contribution in [0.25, 0.3) is 0 Å². The van der Waals surface area contributed by atoms with E-state index in [1.165, 1.54) is 239 Å². The number of hydrogen-bond donors (Lipinski definition) is 0. The second kappa shape index (κ2) is 33.7. The van der Waals surface area contributed by atoms with Crippen LogP contribution in [-0.2, 0) is 0 Å². The number of unbranched alkanes of at least 4 members (excludes halogenated alkanes) is 28. The highest BCUT2D eigenvalue weighted by Crippen LogP contribution is 2.17. The predicted molar refractivity (Wildman–Crippen MR) is 190 cm³/mol. The summed E-state index contributed by atoms with van der Waals surface area (Å²) in [6.45, 7) is 8.96. The summed E-state index contributed by atoms with van der Waals surface area (Å²) in [7, 11) is 3.97. The third-order valence-corrected chi connectivity index (χ3v) is 10.4. The molecule has 0 amide bonds. The molecule has 0 saturated heterocycles. The van der Waals surface area contributed by atoms with Crippen LogP contribution in [0.15, 0.2) is 0 Å². The summed E-state index contributed by atoms with van der Waals surface area (Å²) in [5.74, 6) is 0. The Kier molecular flexibility index (Phi) is 33.8. The SMILES string of the molecule is CCCCCCCCCCCCCCCCC[N+](C)(CCC[SiH3])CCCCCCCCCCCCCCCCC. The highest BCUT2D eigenvalue weighted by molar-refractivity contribution is 6.08. The van der Waals surface area contributed by atoms with E-state index in [1.54, 1.807) is 0 Å². The predicted octanol–water partition coefficient (Wildman–Crippen LogP) is 12.3. The third-order valence-electron chi connectivity index (χ3n) is 9.65. The van der Waals surface area contributed by atoms with Gasteiger partial charge in [-0.2, -0.15) is 0 Å². The molecule has 0 unspecified atom stereocenters. The minimum atomic E-state index is 1.37. The molecule has 0 aromatic heterocycles. The molecule has 0 heterocycles. The topological polar surface area (TPSA) is 0 Å². The summed E-state index contributed by atoms with van der Waals surface area (Å²) in [4.78, 5) is 0. The molecule has 0 bridgehead atoms. The largest absolute Gasteiger partial charge is 0.326 e. The molecular weight excluding hydrogens is 499 g/mol. The quantitative estimate of drug-likeness (QED) is 0.0397. The Morgan fingerprint density at radius 1 is 0.300 bits per heavy atom. The van der Waals surface area contributed by atoms with Crippen LogP contribution in [0, 0.1) is 0 Å². The molecule has 1 nitrogen and oxygen atoms in total. The zero-order chi connectivity index (χ0) is 29.2. The number of hydrogen-bond acceptors (Lipinski definition) is 0. The van der Waals surface area contributed by atoms with E-state index in [9.17, 15) is 0 Å². The zero-order valence-electron chi connectivity index (χ0n) is 29.2. The van der Waals surface area contributed by atoms with Crippen molar-refractivity contribution in [3.05, 3.63) is 0 Å². The van der Waals surface area contributed by atoms with Gasteiger partial charge in [0.1, 0.15) is 0 Å². The normalized spacial score (nSPS) is 12.1. The average Bonchev–Trinajstić information content (AvgIpc) is 2.96. The van der Waals surface area contributed by atoms with E-state index in [-0.39, 0.29) is 0 Å². The molecule has 40 heavy (non-hydrogen) atoms. The van der Waals surface area contributed by atoms with Crippen LogP contribution in [-0.4, -0.2) is 41.4 Å². The summed E-state index contributed by atoms with van der Waals surface area (Å²) < 4.78 is 1.37. The van der Waals surface area contributed by atoms with E-state index in [4.69, 9.17) is 0 Å². The first-order valence-electron chi connectivity index (χ1n) is 19.5. The van der Waals surface area contributed by atoms with Crippen molar-refractivity contribution >= 4 is 10.2 Å². The molecule has 0 aliphatic rings. The van der Waals surface area contributed by atoms with Crippen LogP contribution in [0.3, 0.4) is 0 Å². The first kappa shape index (κ1) is 40.2. The molecule has 0 rings (SSSR count). The molecule has 0 radical (unpaired) electrons. The Balaban J connectivity index is 3.60. The smallest absolute Gasteiger partial charge is 0.0784 e. The summed E-state index contributed by atoms with van der Waals surface area (Å²) in [6, 6.07) is 1.49. The molecule has 0 aromatic carbocycles. The Bertz CT molecular complexity index is 417. The summed E-state index contributed by atoms with van der Waals surface area (Å²) in [5, 5.41) is 0. The van der Waals surface area contributed by atoms with Gasteiger partial charge in [-0.05, 0) is 32.1 Å². The molecule has 2 heteroatoms. The number of quaternary nitrogens is 1. The van der Waals surface area contributed by atoms with Crippen LogP contribution < -0.4 is 0 Å². The van der Waals surface area contributed by atoms with E-state index in [1.807, 2.05) is 0 Å². The summed E-state index contributed by atoms with van der Waals surface area (Å²) in [5.41, 5.74) is 0. The van der Waals surface area contributed by atoms with Crippen LogP contribution in [0.1, 0.15) is 213 Å². The molecule has 0 atom stereocenters. The molecular formula is C38H82NSi+. The van der Waals surface area contributed by atoms with Crippen molar-refractivity contribution in [2.24, 2.45) is 0 Å². The van der Waals surface area contributed by atoms with Crippen molar-refractivity contribution in [1.82, 2.24) is 0 Å². The van der Waals surface area contributed by atoms with Gasteiger partial charge in [0, 0.05) is 10.2 Å². The molecule has 0 aliphatic carbocycles. The number of rotatable bonds is 35. The maximum absolute atomic E-state index is 2.59. The van der Waals surface area contributed by atoms with Crippen molar-refractivity contribution in [3.8, 4) is 0 Å². The fourth-order valence-corrected chi connectivity index (χ4v) is 6.92. The van der Waals surface area contributed by atoms with Crippen molar-refractivity contribution in [1.29, 1.82) is 0 Å². The van der Waals surface area contributed by atoms with Crippen molar-refractivity contribution in [3.63, 3.8) is 0 Å². The molecule has 0 N–H and O–H groups in total. The van der Waals surface area contributed by atoms with Crippen LogP contribution in [0.5, 0.6) is 0 Å². The molecule has 242 valence electrons. The Labute approximate surface area is 259 Å². The second-order valence-corrected chi connectivity index (χ2v) is 15.0. The minimum Gasteiger partial charge on any atom is -0.326 e. The van der Waals surface area contributed by atoms with E-state index in [0.717, 1.165) is 0 Å². The molecule has 0 spiro atoms. The Morgan fingerprint density at radius 2 is 0.500 bits per heavy atom. The van der Waals surface area contributed by atoms with Crippen LogP contribution >= 0.6 is 0 Å². The fraction of sp³-hybridized carbons (Fsp3) is 1.00. The summed E-state index contributed by atoms with van der Waals surface area (Å²) in [6.07, 6.45) is 45.6. The Morgan fingerprint density at radius 3 is 0.725 bits per heavy atom. The van der Waals surface area contributed by atoms with Crippen molar-refractivity contribution < 1.29 is 4.48 Å². The molecule has 0 aromatic rings. The van der Waals surface area contributed by atoms with Gasteiger partial charge in [0.2, 0.25) is 0 Å². The average molecular weight is 581 g/mol. The fourth-order valence-electron chi connectivity index (χ4n) is 6.60. The van der Waals surface area contributed by atoms with Crippen LogP contribution in [0.4, 0.5) is 0 Å². The highest BCUT2D eigenvalue weighted by atomic mass is 28.1. The van der Waals surface area contributed by atoms with Gasteiger partial charge in [0.25, 0.3) is 0 Å². The monoisotopic (exact) mass is 581 g/mol. The van der Waals surface area contributed by atoms with Crippen LogP contribution in [0.2, 0.25) is 6.04 Å². The van der Waals surface area contributed by atoms with Gasteiger partial charge in [-0.15, -0.1) is 0 Å². The first-order valence-corrected chi connectivity index (χ1v) is 20.9. The van der Waals surface area contributed by atoms with Gasteiger partial charge in [0.05, 0.1) is 26.7 Å². The van der Waals surface area contributed by atoms with Gasteiger partial charge < -0.3 is 4.48 Å². The molecule has 0 fully saturated rings.